The van der Waals surface area contributed by atoms with Gasteiger partial charge >= 0.3 is 6.47 Å². The maximum Gasteiger partial charge on any atom is 0.323 e. The molecule has 9 heavy (non-hydrogen) atoms. The van der Waals surface area contributed by atoms with Crippen LogP contribution in [0.25, 0.3) is 0 Å². The number of nitrogens with zero attached hydrogens (tertiary/aromatic N) is 1. The summed E-state index contributed by atoms with van der Waals surface area (Å²) in [5, 5.41) is 3.59. The Morgan fingerprint density at radius 3 is 2.67 bits per heavy atom. The van der Waals surface area contributed by atoms with Crippen molar-refractivity contribution in [3.63, 3.8) is 0 Å². The van der Waals surface area contributed by atoms with Gasteiger partial charge in [0.15, 0.2) is 0 Å². The molecule has 0 N–H and O–H groups in total. The van der Waals surface area contributed by atoms with Gasteiger partial charge in [-0.15, -0.1) is 0 Å². The highest BCUT2D eigenvalue weighted by atomic mass is 16.7. The zero-order valence-electron chi connectivity index (χ0n) is 5.17. The van der Waals surface area contributed by atoms with Crippen LogP contribution < -0.4 is 0 Å². The van der Waals surface area contributed by atoms with Gasteiger partial charge in [-0.1, -0.05) is 5.16 Å². The molecule has 0 radical (unpaired) electrons. The van der Waals surface area contributed by atoms with Crippen LogP contribution in [0.3, 0.4) is 0 Å². The molecule has 0 unspecified atom stereocenters. The molecule has 0 bridgehead atoms. The Morgan fingerprint density at radius 2 is 2.11 bits per heavy atom. The van der Waals surface area contributed by atoms with E-state index in [4.69, 9.17) is 0 Å². The molecule has 3 heteroatoms. The number of oxime groups is 1. The lowest BCUT2D eigenvalue weighted by Gasteiger charge is -1.88. The van der Waals surface area contributed by atoms with Crippen LogP contribution in [0.15, 0.2) is 5.16 Å². The molecule has 1 rings (SSSR count). The van der Waals surface area contributed by atoms with Gasteiger partial charge in [-0.05, 0) is 25.7 Å². The van der Waals surface area contributed by atoms with Gasteiger partial charge < -0.3 is 4.84 Å². The fourth-order valence-electron chi connectivity index (χ4n) is 0.970. The second kappa shape index (κ2) is 3.22. The highest BCUT2D eigenvalue weighted by molar-refractivity contribution is 5.85. The van der Waals surface area contributed by atoms with Crippen LogP contribution in [0.2, 0.25) is 0 Å². The van der Waals surface area contributed by atoms with Gasteiger partial charge in [0.2, 0.25) is 0 Å². The van der Waals surface area contributed by atoms with Gasteiger partial charge in [0, 0.05) is 0 Å². The molecule has 1 saturated carbocycles. The van der Waals surface area contributed by atoms with Crippen molar-refractivity contribution in [2.75, 3.05) is 0 Å². The van der Waals surface area contributed by atoms with Crippen molar-refractivity contribution in [1.82, 2.24) is 0 Å². The lowest BCUT2D eigenvalue weighted by atomic mass is 10.3. The van der Waals surface area contributed by atoms with E-state index in [0.29, 0.717) is 6.47 Å². The monoisotopic (exact) mass is 127 g/mol. The third kappa shape index (κ3) is 1.83. The Balaban J connectivity index is 2.30. The lowest BCUT2D eigenvalue weighted by Crippen LogP contribution is -1.89. The van der Waals surface area contributed by atoms with Crippen LogP contribution in [0.4, 0.5) is 0 Å². The zero-order valence-corrected chi connectivity index (χ0v) is 5.17. The third-order valence-corrected chi connectivity index (χ3v) is 1.41. The molecule has 0 amide bonds. The Morgan fingerprint density at radius 1 is 1.44 bits per heavy atom. The first-order valence-electron chi connectivity index (χ1n) is 3.08. The van der Waals surface area contributed by atoms with E-state index < -0.39 is 0 Å². The quantitative estimate of drug-likeness (QED) is 0.316. The van der Waals surface area contributed by atoms with Crippen LogP contribution >= 0.6 is 0 Å². The maximum atomic E-state index is 9.63. The average Bonchev–Trinajstić information content (AvgIpc) is 2.34. The van der Waals surface area contributed by atoms with Crippen molar-refractivity contribution < 1.29 is 9.63 Å². The summed E-state index contributed by atoms with van der Waals surface area (Å²) in [5.74, 6) is 0. The minimum absolute atomic E-state index is 0.352. The van der Waals surface area contributed by atoms with Gasteiger partial charge in [-0.25, -0.2) is 0 Å². The molecule has 0 heterocycles. The lowest BCUT2D eigenvalue weighted by molar-refractivity contribution is -0.128. The minimum atomic E-state index is 0.352. The highest BCUT2D eigenvalue weighted by Crippen LogP contribution is 2.14. The van der Waals surface area contributed by atoms with E-state index in [9.17, 15) is 4.79 Å². The fourth-order valence-corrected chi connectivity index (χ4v) is 0.970. The summed E-state index contributed by atoms with van der Waals surface area (Å²) in [6, 6.07) is 0. The van der Waals surface area contributed by atoms with Crippen molar-refractivity contribution in [1.29, 1.82) is 0 Å². The molecule has 0 spiro atoms. The van der Waals surface area contributed by atoms with Gasteiger partial charge in [0.1, 0.15) is 0 Å². The first-order valence-corrected chi connectivity index (χ1v) is 3.08. The van der Waals surface area contributed by atoms with Crippen molar-refractivity contribution >= 4 is 12.2 Å². The second-order valence-corrected chi connectivity index (χ2v) is 2.07. The Kier molecular flexibility index (Phi) is 2.24. The van der Waals surface area contributed by atoms with Crippen molar-refractivity contribution in [2.45, 2.75) is 25.7 Å². The largest absolute Gasteiger partial charge is 0.323 e. The SMILES string of the molecule is O=CON=C1CCCC1. The molecule has 0 aromatic rings. The summed E-state index contributed by atoms with van der Waals surface area (Å²) in [6.07, 6.45) is 4.35. The molecular weight excluding hydrogens is 118 g/mol. The van der Waals surface area contributed by atoms with Crippen LogP contribution in [0, 0.1) is 0 Å². The molecule has 0 aromatic carbocycles. The average molecular weight is 127 g/mol. The topological polar surface area (TPSA) is 38.7 Å². The highest BCUT2D eigenvalue weighted by Gasteiger charge is 2.07. The maximum absolute atomic E-state index is 9.63. The number of hydrogen-bond acceptors (Lipinski definition) is 3. The number of hydrogen-bond donors (Lipinski definition) is 0. The third-order valence-electron chi connectivity index (χ3n) is 1.41. The first kappa shape index (κ1) is 6.26. The van der Waals surface area contributed by atoms with Gasteiger partial charge in [0.25, 0.3) is 0 Å². The van der Waals surface area contributed by atoms with Crippen LogP contribution in [0.5, 0.6) is 0 Å². The molecule has 0 aliphatic heterocycles. The molecule has 50 valence electrons. The zero-order chi connectivity index (χ0) is 6.53. The number of carbonyl (C=O) groups excluding carboxylic acids is 1. The number of carbonyl (C=O) groups is 1. The van der Waals surface area contributed by atoms with Crippen molar-refractivity contribution in [3.05, 3.63) is 0 Å². The van der Waals surface area contributed by atoms with E-state index in [1.165, 1.54) is 12.8 Å². The fraction of sp³-hybridized carbons (Fsp3) is 0.667. The van der Waals surface area contributed by atoms with Crippen molar-refractivity contribution in [2.24, 2.45) is 5.16 Å². The van der Waals surface area contributed by atoms with Gasteiger partial charge in [-0.3, -0.25) is 4.79 Å². The van der Waals surface area contributed by atoms with E-state index in [1.54, 1.807) is 0 Å². The minimum Gasteiger partial charge on any atom is -0.322 e. The molecule has 3 nitrogen and oxygen atoms in total. The molecule has 0 aromatic heterocycles. The van der Waals surface area contributed by atoms with Crippen LogP contribution in [-0.2, 0) is 9.63 Å². The summed E-state index contributed by atoms with van der Waals surface area (Å²) in [4.78, 5) is 13.9. The second-order valence-electron chi connectivity index (χ2n) is 2.07. The predicted octanol–water partition coefficient (Wildman–Crippen LogP) is 1.09. The van der Waals surface area contributed by atoms with E-state index in [1.807, 2.05) is 0 Å². The predicted molar refractivity (Wildman–Crippen MR) is 33.1 cm³/mol. The van der Waals surface area contributed by atoms with Crippen molar-refractivity contribution in [3.8, 4) is 0 Å². The Labute approximate surface area is 53.7 Å². The molecule has 0 atom stereocenters. The molecule has 0 saturated heterocycles. The van der Waals surface area contributed by atoms with Gasteiger partial charge in [0.05, 0.1) is 5.71 Å². The van der Waals surface area contributed by atoms with Crippen LogP contribution in [-0.4, -0.2) is 12.2 Å². The Hall–Kier alpha value is -0.860. The Bertz CT molecular complexity index is 123. The van der Waals surface area contributed by atoms with E-state index in [-0.39, 0.29) is 0 Å². The van der Waals surface area contributed by atoms with E-state index in [2.05, 4.69) is 9.99 Å². The molecule has 1 aliphatic carbocycles. The van der Waals surface area contributed by atoms with Crippen LogP contribution in [0.1, 0.15) is 25.7 Å². The first-order chi connectivity index (χ1) is 4.43. The standard InChI is InChI=1S/C6H9NO2/c8-5-9-7-6-3-1-2-4-6/h5H,1-4H2. The number of rotatable bonds is 2. The summed E-state index contributed by atoms with van der Waals surface area (Å²) in [6.45, 7) is 0.352. The molecular formula is C6H9NO2. The summed E-state index contributed by atoms with van der Waals surface area (Å²) in [5.41, 5.74) is 1.02. The summed E-state index contributed by atoms with van der Waals surface area (Å²) in [7, 11) is 0. The normalized spacial score (nSPS) is 17.6. The van der Waals surface area contributed by atoms with E-state index in [0.717, 1.165) is 18.6 Å². The molecule has 1 aliphatic rings. The van der Waals surface area contributed by atoms with E-state index >= 15 is 0 Å². The summed E-state index contributed by atoms with van der Waals surface area (Å²) < 4.78 is 0. The van der Waals surface area contributed by atoms with Gasteiger partial charge in [-0.2, -0.15) is 0 Å². The summed E-state index contributed by atoms with van der Waals surface area (Å²) >= 11 is 0. The molecule has 1 fully saturated rings. The smallest absolute Gasteiger partial charge is 0.322 e.